The van der Waals surface area contributed by atoms with E-state index in [0.717, 1.165) is 35.6 Å². The zero-order valence-electron chi connectivity index (χ0n) is 14.6. The predicted molar refractivity (Wildman–Crippen MR) is 96.5 cm³/mol. The van der Waals surface area contributed by atoms with Crippen LogP contribution in [0.2, 0.25) is 0 Å². The molecule has 0 bridgehead atoms. The highest BCUT2D eigenvalue weighted by atomic mass is 16.5. The molecule has 0 atom stereocenters. The number of aryl methyl sites for hydroxylation is 3. The zero-order valence-corrected chi connectivity index (χ0v) is 14.6. The lowest BCUT2D eigenvalue weighted by Crippen LogP contribution is -2.09. The Morgan fingerprint density at radius 1 is 1.08 bits per heavy atom. The number of hydrogen-bond donors (Lipinski definition) is 0. The molecule has 4 nitrogen and oxygen atoms in total. The van der Waals surface area contributed by atoms with Gasteiger partial charge in [0.05, 0.1) is 17.6 Å². The maximum absolute atomic E-state index is 5.94. The van der Waals surface area contributed by atoms with Crippen molar-refractivity contribution in [1.29, 1.82) is 0 Å². The molecule has 3 aromatic rings. The van der Waals surface area contributed by atoms with E-state index in [1.807, 2.05) is 24.3 Å². The first kappa shape index (κ1) is 16.5. The van der Waals surface area contributed by atoms with Crippen molar-refractivity contribution in [2.24, 2.45) is 0 Å². The van der Waals surface area contributed by atoms with Crippen LogP contribution < -0.4 is 4.74 Å². The molecule has 0 aliphatic heterocycles. The maximum Gasteiger partial charge on any atom is 0.135 e. The van der Waals surface area contributed by atoms with Gasteiger partial charge in [0, 0.05) is 13.7 Å². The number of benzene rings is 2. The number of imidazole rings is 1. The summed E-state index contributed by atoms with van der Waals surface area (Å²) in [5.41, 5.74) is 4.60. The monoisotopic (exact) mass is 324 g/mol. The molecule has 4 heteroatoms. The maximum atomic E-state index is 5.94. The van der Waals surface area contributed by atoms with E-state index in [1.54, 1.807) is 7.11 Å². The Balaban J connectivity index is 1.66. The minimum Gasteiger partial charge on any atom is -0.493 e. The average molecular weight is 324 g/mol. The molecule has 1 heterocycles. The Kier molecular flexibility index (Phi) is 5.16. The van der Waals surface area contributed by atoms with Crippen LogP contribution >= 0.6 is 0 Å². The Morgan fingerprint density at radius 3 is 2.71 bits per heavy atom. The molecule has 0 fully saturated rings. The van der Waals surface area contributed by atoms with Gasteiger partial charge in [0.1, 0.15) is 18.2 Å². The highest BCUT2D eigenvalue weighted by molar-refractivity contribution is 5.75. The molecule has 2 aromatic carbocycles. The van der Waals surface area contributed by atoms with Gasteiger partial charge in [-0.2, -0.15) is 0 Å². The molecule has 0 spiro atoms. The van der Waals surface area contributed by atoms with Gasteiger partial charge in [-0.25, -0.2) is 4.98 Å². The van der Waals surface area contributed by atoms with Crippen LogP contribution in [0.3, 0.4) is 0 Å². The summed E-state index contributed by atoms with van der Waals surface area (Å²) in [4.78, 5) is 4.66. The van der Waals surface area contributed by atoms with E-state index >= 15 is 0 Å². The van der Waals surface area contributed by atoms with E-state index in [4.69, 9.17) is 9.47 Å². The molecule has 0 unspecified atom stereocenters. The first-order valence-electron chi connectivity index (χ1n) is 8.32. The van der Waals surface area contributed by atoms with Crippen molar-refractivity contribution in [2.75, 3.05) is 13.7 Å². The van der Waals surface area contributed by atoms with Crippen LogP contribution in [0.4, 0.5) is 0 Å². The second-order valence-electron chi connectivity index (χ2n) is 6.07. The van der Waals surface area contributed by atoms with Crippen LogP contribution in [-0.2, 0) is 17.9 Å². The largest absolute Gasteiger partial charge is 0.493 e. The van der Waals surface area contributed by atoms with E-state index in [2.05, 4.69) is 41.6 Å². The fourth-order valence-corrected chi connectivity index (χ4v) is 2.98. The number of ether oxygens (including phenoxy) is 2. The highest BCUT2D eigenvalue weighted by Crippen LogP contribution is 2.20. The number of rotatable bonds is 7. The Morgan fingerprint density at radius 2 is 1.92 bits per heavy atom. The standard InChI is InChI=1S/C20H24N2O2/c1-15-9-10-19(16(2)13-15)24-12-6-11-22-18-8-5-4-7-17(18)21-20(22)14-23-3/h4-5,7-10,13H,6,11-12,14H2,1-3H3. The smallest absolute Gasteiger partial charge is 0.135 e. The molecule has 0 aliphatic rings. The van der Waals surface area contributed by atoms with Crippen LogP contribution in [0, 0.1) is 13.8 Å². The van der Waals surface area contributed by atoms with E-state index in [1.165, 1.54) is 11.1 Å². The van der Waals surface area contributed by atoms with Gasteiger partial charge in [0.25, 0.3) is 0 Å². The van der Waals surface area contributed by atoms with Crippen LogP contribution in [-0.4, -0.2) is 23.3 Å². The van der Waals surface area contributed by atoms with Crippen molar-refractivity contribution in [1.82, 2.24) is 9.55 Å². The van der Waals surface area contributed by atoms with E-state index in [0.29, 0.717) is 13.2 Å². The minimum absolute atomic E-state index is 0.520. The van der Waals surface area contributed by atoms with Crippen molar-refractivity contribution in [2.45, 2.75) is 33.4 Å². The van der Waals surface area contributed by atoms with Gasteiger partial charge < -0.3 is 14.0 Å². The number of methoxy groups -OCH3 is 1. The molecule has 0 N–H and O–H groups in total. The van der Waals surface area contributed by atoms with Gasteiger partial charge in [0.2, 0.25) is 0 Å². The zero-order chi connectivity index (χ0) is 16.9. The SMILES string of the molecule is COCc1nc2ccccc2n1CCCOc1ccc(C)cc1C. The van der Waals surface area contributed by atoms with Gasteiger partial charge in [-0.15, -0.1) is 0 Å². The van der Waals surface area contributed by atoms with Crippen LogP contribution in [0.1, 0.15) is 23.4 Å². The molecule has 3 rings (SSSR count). The molecule has 1 aromatic heterocycles. The molecule has 126 valence electrons. The molecular weight excluding hydrogens is 300 g/mol. The van der Waals surface area contributed by atoms with Crippen molar-refractivity contribution < 1.29 is 9.47 Å². The number of para-hydroxylation sites is 2. The van der Waals surface area contributed by atoms with Crippen LogP contribution in [0.5, 0.6) is 5.75 Å². The topological polar surface area (TPSA) is 36.3 Å². The molecule has 0 aliphatic carbocycles. The summed E-state index contributed by atoms with van der Waals surface area (Å²) in [6.07, 6.45) is 0.921. The quantitative estimate of drug-likeness (QED) is 0.609. The van der Waals surface area contributed by atoms with Gasteiger partial charge in [-0.1, -0.05) is 29.8 Å². The molecule has 0 saturated heterocycles. The lowest BCUT2D eigenvalue weighted by molar-refractivity contribution is 0.174. The van der Waals surface area contributed by atoms with Gasteiger partial charge in [-0.3, -0.25) is 0 Å². The summed E-state index contributed by atoms with van der Waals surface area (Å²) in [5, 5.41) is 0. The van der Waals surface area contributed by atoms with Gasteiger partial charge >= 0.3 is 0 Å². The summed E-state index contributed by atoms with van der Waals surface area (Å²) >= 11 is 0. The Labute approximate surface area is 143 Å². The molecule has 0 radical (unpaired) electrons. The summed E-state index contributed by atoms with van der Waals surface area (Å²) in [6, 6.07) is 14.5. The van der Waals surface area contributed by atoms with Gasteiger partial charge in [0.15, 0.2) is 0 Å². The predicted octanol–water partition coefficient (Wildman–Crippen LogP) is 4.27. The second-order valence-corrected chi connectivity index (χ2v) is 6.07. The number of nitrogens with zero attached hydrogens (tertiary/aromatic N) is 2. The third kappa shape index (κ3) is 3.60. The van der Waals surface area contributed by atoms with Crippen molar-refractivity contribution in [3.63, 3.8) is 0 Å². The lowest BCUT2D eigenvalue weighted by atomic mass is 10.1. The lowest BCUT2D eigenvalue weighted by Gasteiger charge is -2.12. The first-order valence-corrected chi connectivity index (χ1v) is 8.32. The molecular formula is C20H24N2O2. The second kappa shape index (κ2) is 7.49. The summed E-state index contributed by atoms with van der Waals surface area (Å²) in [6.45, 7) is 6.25. The first-order chi connectivity index (χ1) is 11.7. The van der Waals surface area contributed by atoms with Crippen LogP contribution in [0.25, 0.3) is 11.0 Å². The Hall–Kier alpha value is -2.33. The number of hydrogen-bond acceptors (Lipinski definition) is 3. The molecule has 0 amide bonds. The van der Waals surface area contributed by atoms with E-state index < -0.39 is 0 Å². The fraction of sp³-hybridized carbons (Fsp3) is 0.350. The summed E-state index contributed by atoms with van der Waals surface area (Å²) < 4.78 is 13.4. The number of fused-ring (bicyclic) bond motifs is 1. The van der Waals surface area contributed by atoms with Crippen LogP contribution in [0.15, 0.2) is 42.5 Å². The summed E-state index contributed by atoms with van der Waals surface area (Å²) in [5.74, 6) is 1.93. The number of aromatic nitrogens is 2. The Bertz CT molecular complexity index is 824. The molecule has 24 heavy (non-hydrogen) atoms. The van der Waals surface area contributed by atoms with Crippen molar-refractivity contribution >= 4 is 11.0 Å². The highest BCUT2D eigenvalue weighted by Gasteiger charge is 2.10. The van der Waals surface area contributed by atoms with Gasteiger partial charge in [-0.05, 0) is 44.0 Å². The average Bonchev–Trinajstić information content (AvgIpc) is 2.91. The van der Waals surface area contributed by atoms with E-state index in [9.17, 15) is 0 Å². The van der Waals surface area contributed by atoms with Crippen molar-refractivity contribution in [3.05, 3.63) is 59.4 Å². The minimum atomic E-state index is 0.520. The van der Waals surface area contributed by atoms with Crippen molar-refractivity contribution in [3.8, 4) is 5.75 Å². The summed E-state index contributed by atoms with van der Waals surface area (Å²) in [7, 11) is 1.70. The molecule has 0 saturated carbocycles. The van der Waals surface area contributed by atoms with E-state index in [-0.39, 0.29) is 0 Å². The normalized spacial score (nSPS) is 11.1. The third-order valence-corrected chi connectivity index (χ3v) is 4.12. The third-order valence-electron chi connectivity index (χ3n) is 4.12. The fourth-order valence-electron chi connectivity index (χ4n) is 2.98.